The minimum Gasteiger partial charge on any atom is -0.493 e. The first-order chi connectivity index (χ1) is 6.77. The van der Waals surface area contributed by atoms with Gasteiger partial charge in [0.2, 0.25) is 0 Å². The maximum Gasteiger partial charge on any atom is 0.153 e. The van der Waals surface area contributed by atoms with Crippen LogP contribution in [0, 0.1) is 0 Å². The second-order valence-corrected chi connectivity index (χ2v) is 3.16. The van der Waals surface area contributed by atoms with Gasteiger partial charge in [0.1, 0.15) is 5.75 Å². The van der Waals surface area contributed by atoms with E-state index in [9.17, 15) is 4.79 Å². The Labute approximate surface area is 87.3 Å². The molecule has 76 valence electrons. The molecule has 1 rings (SSSR count). The van der Waals surface area contributed by atoms with E-state index >= 15 is 0 Å². The van der Waals surface area contributed by atoms with E-state index in [0.717, 1.165) is 0 Å². The standard InChI is InChI=1S/C10H11ClO3/c11-9-2-3-10(8(6-9)7-13)14-5-1-4-12/h2-3,6-7,12H,1,4-5H2. The maximum absolute atomic E-state index is 10.6. The first-order valence-electron chi connectivity index (χ1n) is 4.26. The number of carbonyl (C=O) groups excluding carboxylic acids is 1. The monoisotopic (exact) mass is 214 g/mol. The summed E-state index contributed by atoms with van der Waals surface area (Å²) in [5.41, 5.74) is 0.426. The van der Waals surface area contributed by atoms with Gasteiger partial charge in [0.25, 0.3) is 0 Å². The van der Waals surface area contributed by atoms with Crippen molar-refractivity contribution in [3.63, 3.8) is 0 Å². The fourth-order valence-corrected chi connectivity index (χ4v) is 1.17. The Balaban J connectivity index is 2.70. The van der Waals surface area contributed by atoms with Gasteiger partial charge in [-0.25, -0.2) is 0 Å². The smallest absolute Gasteiger partial charge is 0.153 e. The third-order valence-corrected chi connectivity index (χ3v) is 1.89. The Kier molecular flexibility index (Phi) is 4.43. The number of hydrogen-bond donors (Lipinski definition) is 1. The van der Waals surface area contributed by atoms with Gasteiger partial charge in [0.05, 0.1) is 12.2 Å². The number of ether oxygens (including phenoxy) is 1. The summed E-state index contributed by atoms with van der Waals surface area (Å²) in [6.07, 6.45) is 1.24. The second kappa shape index (κ2) is 5.62. The number of carbonyl (C=O) groups is 1. The molecule has 0 saturated carbocycles. The first kappa shape index (κ1) is 11.0. The van der Waals surface area contributed by atoms with Crippen LogP contribution >= 0.6 is 11.6 Å². The zero-order chi connectivity index (χ0) is 10.4. The van der Waals surface area contributed by atoms with Gasteiger partial charge in [0, 0.05) is 18.1 Å². The summed E-state index contributed by atoms with van der Waals surface area (Å²) in [6, 6.07) is 4.84. The van der Waals surface area contributed by atoms with Crippen molar-refractivity contribution >= 4 is 17.9 Å². The maximum atomic E-state index is 10.6. The molecule has 0 aliphatic rings. The van der Waals surface area contributed by atoms with Crippen LogP contribution in [-0.4, -0.2) is 24.6 Å². The molecule has 0 bridgehead atoms. The first-order valence-corrected chi connectivity index (χ1v) is 4.64. The molecule has 0 heterocycles. The lowest BCUT2D eigenvalue weighted by Gasteiger charge is -2.07. The summed E-state index contributed by atoms with van der Waals surface area (Å²) in [6.45, 7) is 0.461. The number of hydrogen-bond acceptors (Lipinski definition) is 3. The van der Waals surface area contributed by atoms with Gasteiger partial charge in [-0.1, -0.05) is 11.6 Å². The number of aldehydes is 1. The number of aliphatic hydroxyl groups excluding tert-OH is 1. The summed E-state index contributed by atoms with van der Waals surface area (Å²) in [4.78, 5) is 10.6. The fourth-order valence-electron chi connectivity index (χ4n) is 0.990. The minimum absolute atomic E-state index is 0.0734. The quantitative estimate of drug-likeness (QED) is 0.602. The Bertz CT molecular complexity index is 312. The van der Waals surface area contributed by atoms with Crippen molar-refractivity contribution < 1.29 is 14.6 Å². The Morgan fingerprint density at radius 3 is 2.93 bits per heavy atom. The molecule has 1 N–H and O–H groups in total. The van der Waals surface area contributed by atoms with Gasteiger partial charge in [-0.15, -0.1) is 0 Å². The van der Waals surface area contributed by atoms with E-state index in [1.807, 2.05) is 0 Å². The largest absolute Gasteiger partial charge is 0.493 e. The number of rotatable bonds is 5. The Morgan fingerprint density at radius 1 is 1.50 bits per heavy atom. The van der Waals surface area contributed by atoms with Gasteiger partial charge in [-0.05, 0) is 18.2 Å². The predicted molar refractivity (Wildman–Crippen MR) is 54.0 cm³/mol. The van der Waals surface area contributed by atoms with Crippen molar-refractivity contribution in [1.82, 2.24) is 0 Å². The summed E-state index contributed by atoms with van der Waals surface area (Å²) < 4.78 is 5.27. The highest BCUT2D eigenvalue weighted by atomic mass is 35.5. The highest BCUT2D eigenvalue weighted by molar-refractivity contribution is 6.30. The molecule has 0 unspecified atom stereocenters. The van der Waals surface area contributed by atoms with E-state index in [4.69, 9.17) is 21.4 Å². The van der Waals surface area contributed by atoms with Crippen molar-refractivity contribution in [1.29, 1.82) is 0 Å². The molecule has 3 nitrogen and oxygen atoms in total. The van der Waals surface area contributed by atoms with E-state index in [0.29, 0.717) is 35.6 Å². The molecule has 4 heteroatoms. The van der Waals surface area contributed by atoms with Gasteiger partial charge in [-0.2, -0.15) is 0 Å². The third-order valence-electron chi connectivity index (χ3n) is 1.66. The SMILES string of the molecule is O=Cc1cc(Cl)ccc1OCCCO. The molecule has 0 amide bonds. The molecular weight excluding hydrogens is 204 g/mol. The lowest BCUT2D eigenvalue weighted by Crippen LogP contribution is -2.01. The fraction of sp³-hybridized carbons (Fsp3) is 0.300. The molecule has 0 aliphatic heterocycles. The second-order valence-electron chi connectivity index (χ2n) is 2.73. The summed E-state index contributed by atoms with van der Waals surface area (Å²) in [7, 11) is 0. The summed E-state index contributed by atoms with van der Waals surface area (Å²) in [5.74, 6) is 0.498. The van der Waals surface area contributed by atoms with E-state index in [1.165, 1.54) is 0 Å². The molecule has 14 heavy (non-hydrogen) atoms. The van der Waals surface area contributed by atoms with Crippen LogP contribution in [0.1, 0.15) is 16.8 Å². The zero-order valence-corrected chi connectivity index (χ0v) is 8.33. The molecule has 0 aliphatic carbocycles. The molecular formula is C10H11ClO3. The highest BCUT2D eigenvalue weighted by Crippen LogP contribution is 2.21. The van der Waals surface area contributed by atoms with E-state index in [1.54, 1.807) is 18.2 Å². The van der Waals surface area contributed by atoms with Crippen molar-refractivity contribution in [2.24, 2.45) is 0 Å². The molecule has 1 aromatic rings. The Hall–Kier alpha value is -1.06. The molecule has 0 radical (unpaired) electrons. The molecule has 0 spiro atoms. The predicted octanol–water partition coefficient (Wildman–Crippen LogP) is 1.91. The molecule has 0 saturated heterocycles. The van der Waals surface area contributed by atoms with Crippen molar-refractivity contribution in [2.45, 2.75) is 6.42 Å². The minimum atomic E-state index is 0.0734. The van der Waals surface area contributed by atoms with Crippen LogP contribution < -0.4 is 4.74 Å². The van der Waals surface area contributed by atoms with Crippen LogP contribution in [0.4, 0.5) is 0 Å². The van der Waals surface area contributed by atoms with Crippen LogP contribution in [0.5, 0.6) is 5.75 Å². The normalized spacial score (nSPS) is 9.86. The lowest BCUT2D eigenvalue weighted by molar-refractivity contribution is 0.111. The highest BCUT2D eigenvalue weighted by Gasteiger charge is 2.02. The molecule has 0 aromatic heterocycles. The van der Waals surface area contributed by atoms with Gasteiger partial charge >= 0.3 is 0 Å². The topological polar surface area (TPSA) is 46.5 Å². The number of halogens is 1. The van der Waals surface area contributed by atoms with Crippen LogP contribution in [0.2, 0.25) is 5.02 Å². The zero-order valence-electron chi connectivity index (χ0n) is 7.57. The van der Waals surface area contributed by atoms with E-state index < -0.39 is 0 Å². The van der Waals surface area contributed by atoms with Crippen LogP contribution in [0.3, 0.4) is 0 Å². The van der Waals surface area contributed by atoms with Gasteiger partial charge in [0.15, 0.2) is 6.29 Å². The average Bonchev–Trinajstić information content (AvgIpc) is 2.20. The van der Waals surface area contributed by atoms with Gasteiger partial charge in [-0.3, -0.25) is 4.79 Å². The molecule has 0 fully saturated rings. The third kappa shape index (κ3) is 3.01. The Morgan fingerprint density at radius 2 is 2.29 bits per heavy atom. The summed E-state index contributed by atoms with van der Waals surface area (Å²) >= 11 is 5.70. The van der Waals surface area contributed by atoms with Crippen LogP contribution in [0.15, 0.2) is 18.2 Å². The lowest BCUT2D eigenvalue weighted by atomic mass is 10.2. The summed E-state index contributed by atoms with van der Waals surface area (Å²) in [5, 5.41) is 9.05. The van der Waals surface area contributed by atoms with E-state index in [2.05, 4.69) is 0 Å². The van der Waals surface area contributed by atoms with Crippen LogP contribution in [-0.2, 0) is 0 Å². The van der Waals surface area contributed by atoms with Crippen molar-refractivity contribution in [3.8, 4) is 5.75 Å². The number of benzene rings is 1. The van der Waals surface area contributed by atoms with Gasteiger partial charge < -0.3 is 9.84 Å². The van der Waals surface area contributed by atoms with Crippen molar-refractivity contribution in [2.75, 3.05) is 13.2 Å². The average molecular weight is 215 g/mol. The molecule has 0 atom stereocenters. The molecule has 1 aromatic carbocycles. The van der Waals surface area contributed by atoms with Crippen LogP contribution in [0.25, 0.3) is 0 Å². The van der Waals surface area contributed by atoms with E-state index in [-0.39, 0.29) is 6.61 Å². The van der Waals surface area contributed by atoms with Crippen molar-refractivity contribution in [3.05, 3.63) is 28.8 Å². The number of aliphatic hydroxyl groups is 1.